The van der Waals surface area contributed by atoms with Gasteiger partial charge >= 0.3 is 0 Å². The molecule has 0 fully saturated rings. The monoisotopic (exact) mass is 283 g/mol. The average molecular weight is 283 g/mol. The van der Waals surface area contributed by atoms with Gasteiger partial charge in [0, 0.05) is 17.5 Å². The van der Waals surface area contributed by atoms with Gasteiger partial charge in [0.1, 0.15) is 5.82 Å². The highest BCUT2D eigenvalue weighted by Crippen LogP contribution is 2.22. The van der Waals surface area contributed by atoms with E-state index in [1.165, 1.54) is 18.1 Å². The number of nitrogens with one attached hydrogen (secondary N) is 1. The van der Waals surface area contributed by atoms with Crippen LogP contribution in [0.15, 0.2) is 48.0 Å². The minimum Gasteiger partial charge on any atom is -0.352 e. The second-order valence-corrected chi connectivity index (χ2v) is 5.40. The lowest BCUT2D eigenvalue weighted by molar-refractivity contribution is 0.0955. The van der Waals surface area contributed by atoms with Crippen molar-refractivity contribution in [3.05, 3.63) is 59.4 Å². The van der Waals surface area contributed by atoms with E-state index in [1.807, 2.05) is 6.07 Å². The van der Waals surface area contributed by atoms with Crippen LogP contribution in [0.1, 0.15) is 36.0 Å². The van der Waals surface area contributed by atoms with Gasteiger partial charge in [-0.3, -0.25) is 4.79 Å². The summed E-state index contributed by atoms with van der Waals surface area (Å²) in [6.07, 6.45) is 6.71. The number of hydrogen-bond donors (Lipinski definition) is 1. The third kappa shape index (κ3) is 2.97. The molecule has 0 bridgehead atoms. The van der Waals surface area contributed by atoms with Crippen LogP contribution in [0.4, 0.5) is 4.39 Å². The van der Waals surface area contributed by atoms with E-state index in [-0.39, 0.29) is 11.7 Å². The molecule has 3 heteroatoms. The van der Waals surface area contributed by atoms with E-state index >= 15 is 0 Å². The molecular weight excluding hydrogens is 265 g/mol. The van der Waals surface area contributed by atoms with E-state index in [1.54, 1.807) is 24.3 Å². The summed E-state index contributed by atoms with van der Waals surface area (Å²) in [5.74, 6) is -0.428. The molecule has 0 aliphatic heterocycles. The fraction of sp³-hybridized carbons (Fsp3) is 0.278. The van der Waals surface area contributed by atoms with Gasteiger partial charge in [0.25, 0.3) is 5.91 Å². The number of rotatable bonds is 4. The first-order valence-electron chi connectivity index (χ1n) is 7.39. The van der Waals surface area contributed by atoms with Crippen LogP contribution < -0.4 is 5.32 Å². The molecular formula is C18H18FNO. The Balaban J connectivity index is 1.74. The van der Waals surface area contributed by atoms with E-state index in [4.69, 9.17) is 0 Å². The largest absolute Gasteiger partial charge is 0.352 e. The van der Waals surface area contributed by atoms with Crippen molar-refractivity contribution in [2.75, 3.05) is 6.54 Å². The molecule has 21 heavy (non-hydrogen) atoms. The molecule has 0 heterocycles. The van der Waals surface area contributed by atoms with Gasteiger partial charge in [0.05, 0.1) is 0 Å². The lowest BCUT2D eigenvalue weighted by atomic mass is 10.0. The normalized spacial score (nSPS) is 14.2. The van der Waals surface area contributed by atoms with Gasteiger partial charge < -0.3 is 5.32 Å². The van der Waals surface area contributed by atoms with Crippen molar-refractivity contribution in [1.29, 1.82) is 0 Å². The molecule has 0 spiro atoms. The summed E-state index contributed by atoms with van der Waals surface area (Å²) < 4.78 is 13.7. The predicted molar refractivity (Wildman–Crippen MR) is 82.8 cm³/mol. The Morgan fingerprint density at radius 3 is 2.71 bits per heavy atom. The predicted octanol–water partition coefficient (Wildman–Crippen LogP) is 4.21. The van der Waals surface area contributed by atoms with Crippen molar-refractivity contribution in [1.82, 2.24) is 5.32 Å². The van der Waals surface area contributed by atoms with Crippen LogP contribution in [0.5, 0.6) is 0 Å². The highest BCUT2D eigenvalue weighted by Gasteiger charge is 2.12. The van der Waals surface area contributed by atoms with Crippen LogP contribution in [0.25, 0.3) is 10.8 Å². The number of halogens is 1. The quantitative estimate of drug-likeness (QED) is 0.837. The second kappa shape index (κ2) is 6.08. The fourth-order valence-corrected chi connectivity index (χ4v) is 2.86. The first kappa shape index (κ1) is 13.8. The Bertz CT molecular complexity index is 705. The third-order valence-corrected chi connectivity index (χ3v) is 3.98. The zero-order valence-corrected chi connectivity index (χ0v) is 11.9. The summed E-state index contributed by atoms with van der Waals surface area (Å²) in [7, 11) is 0. The van der Waals surface area contributed by atoms with Crippen LogP contribution in [-0.4, -0.2) is 12.5 Å². The summed E-state index contributed by atoms with van der Waals surface area (Å²) in [5.41, 5.74) is 1.96. The van der Waals surface area contributed by atoms with Crippen LogP contribution in [0, 0.1) is 5.82 Å². The van der Waals surface area contributed by atoms with E-state index in [9.17, 15) is 9.18 Å². The maximum atomic E-state index is 13.7. The number of carbonyl (C=O) groups excluding carboxylic acids is 1. The van der Waals surface area contributed by atoms with E-state index in [0.29, 0.717) is 22.9 Å². The van der Waals surface area contributed by atoms with Crippen LogP contribution in [-0.2, 0) is 0 Å². The molecule has 0 saturated heterocycles. The van der Waals surface area contributed by atoms with Gasteiger partial charge in [-0.2, -0.15) is 0 Å². The molecule has 2 aromatic rings. The number of hydrogen-bond acceptors (Lipinski definition) is 1. The highest BCUT2D eigenvalue weighted by atomic mass is 19.1. The minimum absolute atomic E-state index is 0.134. The summed E-state index contributed by atoms with van der Waals surface area (Å²) >= 11 is 0. The molecule has 0 radical (unpaired) electrons. The maximum absolute atomic E-state index is 13.7. The first-order valence-corrected chi connectivity index (χ1v) is 7.39. The number of carbonyl (C=O) groups is 1. The SMILES string of the molecule is O=C(NCCC1=CCCC1)c1ccc(F)c2ccccc12. The minimum atomic E-state index is -0.293. The molecule has 2 aromatic carbocycles. The molecule has 1 aliphatic rings. The van der Waals surface area contributed by atoms with Crippen molar-refractivity contribution in [3.8, 4) is 0 Å². The lowest BCUT2D eigenvalue weighted by Gasteiger charge is -2.09. The van der Waals surface area contributed by atoms with Gasteiger partial charge in [-0.15, -0.1) is 0 Å². The zero-order chi connectivity index (χ0) is 14.7. The highest BCUT2D eigenvalue weighted by molar-refractivity contribution is 6.07. The molecule has 1 aliphatic carbocycles. The Kier molecular flexibility index (Phi) is 4.00. The summed E-state index contributed by atoms with van der Waals surface area (Å²) in [6, 6.07) is 10.00. The van der Waals surface area contributed by atoms with Gasteiger partial charge in [-0.1, -0.05) is 35.9 Å². The first-order chi connectivity index (χ1) is 10.3. The van der Waals surface area contributed by atoms with Gasteiger partial charge in [0.2, 0.25) is 0 Å². The molecule has 0 saturated carbocycles. The molecule has 1 N–H and O–H groups in total. The molecule has 2 nitrogen and oxygen atoms in total. The van der Waals surface area contributed by atoms with Crippen molar-refractivity contribution in [2.45, 2.75) is 25.7 Å². The Labute approximate surface area is 123 Å². The molecule has 3 rings (SSSR count). The van der Waals surface area contributed by atoms with Gasteiger partial charge in [0.15, 0.2) is 0 Å². The van der Waals surface area contributed by atoms with E-state index in [0.717, 1.165) is 19.3 Å². The number of amides is 1. The molecule has 1 amide bonds. The molecule has 0 atom stereocenters. The average Bonchev–Trinajstić information content (AvgIpc) is 3.01. The number of benzene rings is 2. The third-order valence-electron chi connectivity index (χ3n) is 3.98. The van der Waals surface area contributed by atoms with Crippen molar-refractivity contribution in [3.63, 3.8) is 0 Å². The Morgan fingerprint density at radius 1 is 1.14 bits per heavy atom. The van der Waals surface area contributed by atoms with Gasteiger partial charge in [-0.05, 0) is 43.2 Å². The van der Waals surface area contributed by atoms with Crippen molar-refractivity contribution < 1.29 is 9.18 Å². The van der Waals surface area contributed by atoms with Gasteiger partial charge in [-0.25, -0.2) is 4.39 Å². The number of fused-ring (bicyclic) bond motifs is 1. The van der Waals surface area contributed by atoms with Crippen molar-refractivity contribution in [2.24, 2.45) is 0 Å². The van der Waals surface area contributed by atoms with E-state index in [2.05, 4.69) is 11.4 Å². The summed E-state index contributed by atoms with van der Waals surface area (Å²) in [4.78, 5) is 12.3. The molecule has 108 valence electrons. The van der Waals surface area contributed by atoms with Crippen LogP contribution >= 0.6 is 0 Å². The lowest BCUT2D eigenvalue weighted by Crippen LogP contribution is -2.25. The molecule has 0 unspecified atom stereocenters. The summed E-state index contributed by atoms with van der Waals surface area (Å²) in [5, 5.41) is 4.09. The van der Waals surface area contributed by atoms with E-state index < -0.39 is 0 Å². The number of allylic oxidation sites excluding steroid dienone is 1. The molecule has 0 aromatic heterocycles. The zero-order valence-electron chi connectivity index (χ0n) is 11.9. The smallest absolute Gasteiger partial charge is 0.251 e. The maximum Gasteiger partial charge on any atom is 0.251 e. The van der Waals surface area contributed by atoms with Crippen LogP contribution in [0.2, 0.25) is 0 Å². The second-order valence-electron chi connectivity index (χ2n) is 5.40. The standard InChI is InChI=1S/C18H18FNO/c19-17-10-9-16(14-7-3-4-8-15(14)17)18(21)20-12-11-13-5-1-2-6-13/h3-5,7-10H,1-2,6,11-12H2,(H,20,21). The Hall–Kier alpha value is -2.16. The van der Waals surface area contributed by atoms with Crippen molar-refractivity contribution >= 4 is 16.7 Å². The summed E-state index contributed by atoms with van der Waals surface area (Å²) in [6.45, 7) is 0.635. The Morgan fingerprint density at radius 2 is 1.95 bits per heavy atom. The van der Waals surface area contributed by atoms with Crippen LogP contribution in [0.3, 0.4) is 0 Å². The fourth-order valence-electron chi connectivity index (χ4n) is 2.86. The topological polar surface area (TPSA) is 29.1 Å².